The lowest BCUT2D eigenvalue weighted by Gasteiger charge is -2.28. The molecule has 1 aliphatic heterocycles. The molecule has 1 N–H and O–H groups in total. The van der Waals surface area contributed by atoms with Crippen molar-refractivity contribution in [2.45, 2.75) is 32.4 Å². The second-order valence-corrected chi connectivity index (χ2v) is 6.59. The van der Waals surface area contributed by atoms with Crippen molar-refractivity contribution in [2.24, 2.45) is 0 Å². The van der Waals surface area contributed by atoms with Gasteiger partial charge < -0.3 is 10.2 Å². The zero-order chi connectivity index (χ0) is 13.9. The summed E-state index contributed by atoms with van der Waals surface area (Å²) in [5.41, 5.74) is 4.30. The van der Waals surface area contributed by atoms with Gasteiger partial charge in [0.25, 0.3) is 0 Å². The van der Waals surface area contributed by atoms with Crippen molar-refractivity contribution in [1.29, 1.82) is 0 Å². The highest BCUT2D eigenvalue weighted by Crippen LogP contribution is 2.27. The maximum Gasteiger partial charge on any atom is 0.0396 e. The number of thiophene rings is 1. The number of fused-ring (bicyclic) bond motifs is 1. The van der Waals surface area contributed by atoms with Crippen LogP contribution in [-0.2, 0) is 13.0 Å². The van der Waals surface area contributed by atoms with Gasteiger partial charge in [-0.25, -0.2) is 0 Å². The lowest BCUT2D eigenvalue weighted by Crippen LogP contribution is -2.25. The third-order valence-corrected chi connectivity index (χ3v) is 5.13. The van der Waals surface area contributed by atoms with E-state index in [4.69, 9.17) is 0 Å². The van der Waals surface area contributed by atoms with Crippen molar-refractivity contribution in [3.05, 3.63) is 51.7 Å². The van der Waals surface area contributed by atoms with Gasteiger partial charge in [-0.2, -0.15) is 0 Å². The first kappa shape index (κ1) is 13.7. The van der Waals surface area contributed by atoms with Gasteiger partial charge in [0.05, 0.1) is 0 Å². The van der Waals surface area contributed by atoms with E-state index >= 15 is 0 Å². The molecule has 0 fully saturated rings. The van der Waals surface area contributed by atoms with Crippen LogP contribution in [0.25, 0.3) is 0 Å². The summed E-state index contributed by atoms with van der Waals surface area (Å²) in [5, 5.41) is 5.76. The second kappa shape index (κ2) is 5.98. The van der Waals surface area contributed by atoms with Crippen LogP contribution in [0.1, 0.15) is 35.4 Å². The van der Waals surface area contributed by atoms with Crippen LogP contribution in [-0.4, -0.2) is 13.6 Å². The molecule has 0 saturated heterocycles. The van der Waals surface area contributed by atoms with Gasteiger partial charge in [0, 0.05) is 36.7 Å². The van der Waals surface area contributed by atoms with Crippen molar-refractivity contribution in [2.75, 3.05) is 18.5 Å². The lowest BCUT2D eigenvalue weighted by atomic mass is 9.99. The average molecular weight is 286 g/mol. The van der Waals surface area contributed by atoms with E-state index in [0.717, 1.165) is 6.54 Å². The number of hydrogen-bond donors (Lipinski definition) is 1. The molecule has 0 unspecified atom stereocenters. The first-order chi connectivity index (χ1) is 9.74. The number of nitrogens with zero attached hydrogens (tertiary/aromatic N) is 1. The smallest absolute Gasteiger partial charge is 0.0396 e. The molecule has 2 nitrogen and oxygen atoms in total. The van der Waals surface area contributed by atoms with Gasteiger partial charge in [0.15, 0.2) is 0 Å². The predicted octanol–water partition coefficient (Wildman–Crippen LogP) is 3.98. The van der Waals surface area contributed by atoms with Crippen molar-refractivity contribution < 1.29 is 0 Å². The SMILES string of the molecule is C[C@@H](NCc1ccc2c(c1)CCCN2C)c1cccs1. The number of aryl methyl sites for hydroxylation is 1. The molecule has 0 bridgehead atoms. The highest BCUT2D eigenvalue weighted by Gasteiger charge is 2.14. The van der Waals surface area contributed by atoms with E-state index in [1.807, 2.05) is 11.3 Å². The van der Waals surface area contributed by atoms with Gasteiger partial charge in [-0.15, -0.1) is 11.3 Å². The van der Waals surface area contributed by atoms with Crippen LogP contribution < -0.4 is 10.2 Å². The molecule has 3 rings (SSSR count). The topological polar surface area (TPSA) is 15.3 Å². The zero-order valence-corrected chi connectivity index (χ0v) is 13.0. The lowest BCUT2D eigenvalue weighted by molar-refractivity contribution is 0.582. The molecule has 1 aliphatic rings. The maximum atomic E-state index is 3.62. The minimum atomic E-state index is 0.425. The molecular weight excluding hydrogens is 264 g/mol. The van der Waals surface area contributed by atoms with Crippen LogP contribution in [0.15, 0.2) is 35.7 Å². The van der Waals surface area contributed by atoms with Crippen LogP contribution in [0.2, 0.25) is 0 Å². The monoisotopic (exact) mass is 286 g/mol. The van der Waals surface area contributed by atoms with E-state index < -0.39 is 0 Å². The Kier molecular flexibility index (Phi) is 4.08. The number of nitrogens with one attached hydrogen (secondary N) is 1. The average Bonchev–Trinajstić information content (AvgIpc) is 2.99. The fourth-order valence-corrected chi connectivity index (χ4v) is 3.62. The van der Waals surface area contributed by atoms with Crippen LogP contribution >= 0.6 is 11.3 Å². The highest BCUT2D eigenvalue weighted by atomic mass is 32.1. The number of anilines is 1. The minimum absolute atomic E-state index is 0.425. The van der Waals surface area contributed by atoms with E-state index in [1.54, 1.807) is 0 Å². The molecule has 3 heteroatoms. The summed E-state index contributed by atoms with van der Waals surface area (Å²) in [6, 6.07) is 11.7. The number of benzene rings is 1. The third-order valence-electron chi connectivity index (χ3n) is 4.08. The Morgan fingerprint density at radius 2 is 2.25 bits per heavy atom. The largest absolute Gasteiger partial charge is 0.374 e. The first-order valence-corrected chi connectivity index (χ1v) is 8.22. The maximum absolute atomic E-state index is 3.62. The van der Waals surface area contributed by atoms with E-state index in [2.05, 4.69) is 59.9 Å². The fraction of sp³-hybridized carbons (Fsp3) is 0.412. The summed E-state index contributed by atoms with van der Waals surface area (Å²) < 4.78 is 0. The second-order valence-electron chi connectivity index (χ2n) is 5.61. The Morgan fingerprint density at radius 3 is 3.05 bits per heavy atom. The van der Waals surface area contributed by atoms with Crippen molar-refractivity contribution in [3.8, 4) is 0 Å². The summed E-state index contributed by atoms with van der Waals surface area (Å²) in [4.78, 5) is 3.77. The Hall–Kier alpha value is -1.32. The van der Waals surface area contributed by atoms with E-state index in [1.165, 1.54) is 41.1 Å². The van der Waals surface area contributed by atoms with Gasteiger partial charge in [-0.1, -0.05) is 18.2 Å². The van der Waals surface area contributed by atoms with E-state index in [9.17, 15) is 0 Å². The molecule has 0 spiro atoms. The van der Waals surface area contributed by atoms with Crippen molar-refractivity contribution >= 4 is 17.0 Å². The van der Waals surface area contributed by atoms with Gasteiger partial charge in [0.2, 0.25) is 0 Å². The molecule has 2 heterocycles. The van der Waals surface area contributed by atoms with Crippen molar-refractivity contribution in [1.82, 2.24) is 5.32 Å². The third kappa shape index (κ3) is 2.89. The Balaban J connectivity index is 1.66. The molecule has 106 valence electrons. The van der Waals surface area contributed by atoms with Crippen LogP contribution in [0.4, 0.5) is 5.69 Å². The Labute approximate surface area is 125 Å². The van der Waals surface area contributed by atoms with Crippen LogP contribution in [0.3, 0.4) is 0 Å². The van der Waals surface area contributed by atoms with Gasteiger partial charge in [-0.05, 0) is 48.4 Å². The predicted molar refractivity (Wildman–Crippen MR) is 87.6 cm³/mol. The van der Waals surface area contributed by atoms with Crippen molar-refractivity contribution in [3.63, 3.8) is 0 Å². The highest BCUT2D eigenvalue weighted by molar-refractivity contribution is 7.10. The minimum Gasteiger partial charge on any atom is -0.374 e. The normalized spacial score (nSPS) is 16.0. The summed E-state index contributed by atoms with van der Waals surface area (Å²) in [6.45, 7) is 4.36. The molecule has 0 radical (unpaired) electrons. The molecule has 1 aromatic heterocycles. The number of hydrogen-bond acceptors (Lipinski definition) is 3. The quantitative estimate of drug-likeness (QED) is 0.914. The molecule has 1 aromatic carbocycles. The Morgan fingerprint density at radius 1 is 1.35 bits per heavy atom. The van der Waals surface area contributed by atoms with Gasteiger partial charge in [0.1, 0.15) is 0 Å². The van der Waals surface area contributed by atoms with E-state index in [-0.39, 0.29) is 0 Å². The number of rotatable bonds is 4. The Bertz CT molecular complexity index is 562. The molecule has 1 atom stereocenters. The molecule has 2 aromatic rings. The van der Waals surface area contributed by atoms with Crippen LogP contribution in [0, 0.1) is 0 Å². The fourth-order valence-electron chi connectivity index (χ4n) is 2.86. The van der Waals surface area contributed by atoms with Gasteiger partial charge >= 0.3 is 0 Å². The first-order valence-electron chi connectivity index (χ1n) is 7.34. The summed E-state index contributed by atoms with van der Waals surface area (Å²) in [6.07, 6.45) is 2.49. The zero-order valence-electron chi connectivity index (χ0n) is 12.2. The molecule has 0 saturated carbocycles. The summed E-state index contributed by atoms with van der Waals surface area (Å²) in [7, 11) is 2.19. The summed E-state index contributed by atoms with van der Waals surface area (Å²) >= 11 is 1.82. The molecule has 20 heavy (non-hydrogen) atoms. The molecular formula is C17H22N2S. The van der Waals surface area contributed by atoms with Crippen LogP contribution in [0.5, 0.6) is 0 Å². The summed E-state index contributed by atoms with van der Waals surface area (Å²) in [5.74, 6) is 0. The molecule has 0 aliphatic carbocycles. The van der Waals surface area contributed by atoms with Gasteiger partial charge in [-0.3, -0.25) is 0 Å². The van der Waals surface area contributed by atoms with E-state index in [0.29, 0.717) is 6.04 Å². The molecule has 0 amide bonds. The standard InChI is InChI=1S/C17H22N2S/c1-13(17-6-4-10-20-17)18-12-14-7-8-16-15(11-14)5-3-9-19(16)2/h4,6-8,10-11,13,18H,3,5,9,12H2,1-2H3/t13-/m1/s1.